The highest BCUT2D eigenvalue weighted by Crippen LogP contribution is 2.28. The third-order valence-corrected chi connectivity index (χ3v) is 4.80. The lowest BCUT2D eigenvalue weighted by Gasteiger charge is -2.18. The maximum atomic E-state index is 13.2. The van der Waals surface area contributed by atoms with Crippen molar-refractivity contribution in [1.29, 1.82) is 0 Å². The highest BCUT2D eigenvalue weighted by Gasteiger charge is 2.18. The molecule has 0 fully saturated rings. The fraction of sp³-hybridized carbons (Fsp3) is 0.130. The number of fused-ring (bicyclic) bond motifs is 1. The molecular weight excluding hydrogens is 367 g/mol. The molecule has 0 aliphatic rings. The minimum Gasteiger partial charge on any atom is -0.344 e. The summed E-state index contributed by atoms with van der Waals surface area (Å²) in [5, 5.41) is 3.86. The lowest BCUT2D eigenvalue weighted by Crippen LogP contribution is -2.29. The number of hydrogen-bond donors (Lipinski definition) is 1. The zero-order valence-electron chi connectivity index (χ0n) is 15.8. The monoisotopic (exact) mass is 386 g/mol. The minimum atomic E-state index is -0.305. The molecule has 0 aliphatic carbocycles. The van der Waals surface area contributed by atoms with E-state index in [-0.39, 0.29) is 17.8 Å². The van der Waals surface area contributed by atoms with Crippen molar-refractivity contribution in [2.75, 3.05) is 0 Å². The van der Waals surface area contributed by atoms with Gasteiger partial charge in [-0.25, -0.2) is 9.37 Å². The largest absolute Gasteiger partial charge is 0.344 e. The summed E-state index contributed by atoms with van der Waals surface area (Å²) in [6.07, 6.45) is 7.51. The van der Waals surface area contributed by atoms with E-state index in [0.29, 0.717) is 17.6 Å². The predicted octanol–water partition coefficient (Wildman–Crippen LogP) is 4.71. The molecule has 0 saturated carbocycles. The van der Waals surface area contributed by atoms with Crippen LogP contribution in [0.2, 0.25) is 0 Å². The van der Waals surface area contributed by atoms with E-state index in [1.807, 2.05) is 19.1 Å². The molecule has 1 aromatic carbocycles. The van der Waals surface area contributed by atoms with Crippen LogP contribution in [-0.4, -0.2) is 20.9 Å². The van der Waals surface area contributed by atoms with Gasteiger partial charge in [-0.05, 0) is 47.9 Å². The van der Waals surface area contributed by atoms with Crippen LogP contribution >= 0.6 is 0 Å². The molecule has 0 saturated heterocycles. The number of carbonyl (C=O) groups is 1. The Bertz CT molecular complexity index is 1150. The van der Waals surface area contributed by atoms with E-state index in [1.165, 1.54) is 12.1 Å². The average molecular weight is 386 g/mol. The van der Waals surface area contributed by atoms with Crippen molar-refractivity contribution in [2.45, 2.75) is 19.4 Å². The van der Waals surface area contributed by atoms with E-state index in [0.717, 1.165) is 22.1 Å². The first-order chi connectivity index (χ1) is 14.2. The summed E-state index contributed by atoms with van der Waals surface area (Å²) < 4.78 is 13.2. The van der Waals surface area contributed by atoms with Crippen molar-refractivity contribution in [2.24, 2.45) is 0 Å². The summed E-state index contributed by atoms with van der Waals surface area (Å²) in [6, 6.07) is 13.2. The number of pyridine rings is 3. The fourth-order valence-corrected chi connectivity index (χ4v) is 3.29. The Hall–Kier alpha value is -3.67. The smallest absolute Gasteiger partial charge is 0.270 e. The quantitative estimate of drug-likeness (QED) is 0.539. The first-order valence-corrected chi connectivity index (χ1v) is 9.37. The number of halogens is 1. The van der Waals surface area contributed by atoms with Crippen molar-refractivity contribution in [1.82, 2.24) is 20.3 Å². The Labute approximate surface area is 167 Å². The van der Waals surface area contributed by atoms with E-state index < -0.39 is 0 Å². The summed E-state index contributed by atoms with van der Waals surface area (Å²) in [6.45, 7) is 1.97. The number of hydrogen-bond acceptors (Lipinski definition) is 4. The van der Waals surface area contributed by atoms with Crippen LogP contribution in [0.15, 0.2) is 73.3 Å². The van der Waals surface area contributed by atoms with Gasteiger partial charge in [0.1, 0.15) is 11.5 Å². The molecular formula is C23H19FN4O. The number of nitrogens with zero attached hydrogens (tertiary/aromatic N) is 3. The van der Waals surface area contributed by atoms with Crippen LogP contribution in [0.3, 0.4) is 0 Å². The Morgan fingerprint density at radius 1 is 1.07 bits per heavy atom. The maximum Gasteiger partial charge on any atom is 0.270 e. The highest BCUT2D eigenvalue weighted by molar-refractivity contribution is 6.01. The molecule has 1 amide bonds. The van der Waals surface area contributed by atoms with Gasteiger partial charge in [0.2, 0.25) is 0 Å². The Kier molecular flexibility index (Phi) is 5.24. The molecule has 5 nitrogen and oxygen atoms in total. The fourth-order valence-electron chi connectivity index (χ4n) is 3.29. The lowest BCUT2D eigenvalue weighted by molar-refractivity contribution is 0.0931. The van der Waals surface area contributed by atoms with E-state index >= 15 is 0 Å². The Morgan fingerprint density at radius 3 is 2.59 bits per heavy atom. The first-order valence-electron chi connectivity index (χ1n) is 9.37. The summed E-state index contributed by atoms with van der Waals surface area (Å²) >= 11 is 0. The van der Waals surface area contributed by atoms with Gasteiger partial charge in [-0.1, -0.05) is 25.1 Å². The summed E-state index contributed by atoms with van der Waals surface area (Å²) in [5.74, 6) is -0.592. The molecule has 4 rings (SSSR count). The van der Waals surface area contributed by atoms with Gasteiger partial charge in [0, 0.05) is 35.7 Å². The van der Waals surface area contributed by atoms with Crippen LogP contribution in [0.5, 0.6) is 0 Å². The third kappa shape index (κ3) is 3.96. The average Bonchev–Trinajstić information content (AvgIpc) is 2.78. The van der Waals surface area contributed by atoms with Crippen molar-refractivity contribution < 1.29 is 9.18 Å². The van der Waals surface area contributed by atoms with Crippen LogP contribution in [0.4, 0.5) is 4.39 Å². The van der Waals surface area contributed by atoms with Crippen LogP contribution in [0.25, 0.3) is 22.0 Å². The molecule has 0 spiro atoms. The second-order valence-electron chi connectivity index (χ2n) is 6.68. The van der Waals surface area contributed by atoms with Gasteiger partial charge in [0.15, 0.2) is 0 Å². The molecule has 3 heterocycles. The zero-order valence-corrected chi connectivity index (χ0v) is 15.8. The summed E-state index contributed by atoms with van der Waals surface area (Å²) in [5.41, 5.74) is 3.56. The zero-order chi connectivity index (χ0) is 20.2. The van der Waals surface area contributed by atoms with Gasteiger partial charge in [-0.3, -0.25) is 14.8 Å². The van der Waals surface area contributed by atoms with E-state index in [9.17, 15) is 9.18 Å². The second-order valence-corrected chi connectivity index (χ2v) is 6.68. The van der Waals surface area contributed by atoms with Crippen molar-refractivity contribution in [3.05, 3.63) is 90.4 Å². The molecule has 1 atom stereocenters. The second kappa shape index (κ2) is 8.14. The van der Waals surface area contributed by atoms with Gasteiger partial charge in [-0.15, -0.1) is 0 Å². The molecule has 3 aromatic heterocycles. The Balaban J connectivity index is 1.71. The van der Waals surface area contributed by atoms with Crippen LogP contribution in [-0.2, 0) is 0 Å². The van der Waals surface area contributed by atoms with Crippen molar-refractivity contribution >= 4 is 16.8 Å². The summed E-state index contributed by atoms with van der Waals surface area (Å²) in [7, 11) is 0. The minimum absolute atomic E-state index is 0.236. The van der Waals surface area contributed by atoms with E-state index in [1.54, 1.807) is 49.1 Å². The highest BCUT2D eigenvalue weighted by atomic mass is 19.1. The molecule has 6 heteroatoms. The Morgan fingerprint density at radius 2 is 1.86 bits per heavy atom. The molecule has 1 unspecified atom stereocenters. The summed E-state index contributed by atoms with van der Waals surface area (Å²) in [4.78, 5) is 25.9. The number of nitrogens with one attached hydrogen (secondary N) is 1. The van der Waals surface area contributed by atoms with Crippen molar-refractivity contribution in [3.8, 4) is 11.1 Å². The molecule has 0 bridgehead atoms. The van der Waals surface area contributed by atoms with Crippen molar-refractivity contribution in [3.63, 3.8) is 0 Å². The number of amides is 1. The van der Waals surface area contributed by atoms with Gasteiger partial charge < -0.3 is 5.32 Å². The lowest BCUT2D eigenvalue weighted by atomic mass is 10.0. The van der Waals surface area contributed by atoms with E-state index in [4.69, 9.17) is 0 Å². The van der Waals surface area contributed by atoms with Gasteiger partial charge in [0.05, 0.1) is 11.6 Å². The number of carbonyl (C=O) groups excluding carboxylic acids is 1. The molecule has 144 valence electrons. The van der Waals surface area contributed by atoms with Crippen LogP contribution in [0, 0.1) is 5.82 Å². The molecule has 0 radical (unpaired) electrons. The number of rotatable bonds is 5. The number of benzene rings is 1. The first kappa shape index (κ1) is 18.7. The van der Waals surface area contributed by atoms with Gasteiger partial charge in [0.25, 0.3) is 5.91 Å². The molecule has 4 aromatic rings. The van der Waals surface area contributed by atoms with Crippen LogP contribution in [0.1, 0.15) is 35.4 Å². The van der Waals surface area contributed by atoms with Gasteiger partial charge >= 0.3 is 0 Å². The predicted molar refractivity (Wildman–Crippen MR) is 110 cm³/mol. The number of aromatic nitrogens is 3. The SMILES string of the molecule is CCC(NC(=O)c1cc(-c2cccnc2)c2cnccc2n1)c1ccc(F)cc1. The van der Waals surface area contributed by atoms with Crippen LogP contribution < -0.4 is 5.32 Å². The topological polar surface area (TPSA) is 67.8 Å². The normalized spacial score (nSPS) is 11.9. The molecule has 29 heavy (non-hydrogen) atoms. The van der Waals surface area contributed by atoms with Gasteiger partial charge in [-0.2, -0.15) is 0 Å². The van der Waals surface area contributed by atoms with E-state index in [2.05, 4.69) is 20.3 Å². The molecule has 1 N–H and O–H groups in total. The molecule has 0 aliphatic heterocycles. The standard InChI is InChI=1S/C23H19FN4O/c1-2-20(15-5-7-17(24)8-6-15)28-23(29)22-12-18(16-4-3-10-25-13-16)19-14-26-11-9-21(19)27-22/h3-14,20H,2H2,1H3,(H,28,29). The third-order valence-electron chi connectivity index (χ3n) is 4.80. The maximum absolute atomic E-state index is 13.2.